The maximum atomic E-state index is 12.0. The first-order valence-corrected chi connectivity index (χ1v) is 5.84. The Morgan fingerprint density at radius 2 is 1.84 bits per heavy atom. The third-order valence-corrected chi connectivity index (χ3v) is 2.88. The van der Waals surface area contributed by atoms with Crippen LogP contribution in [0.25, 0.3) is 10.9 Å². The lowest BCUT2D eigenvalue weighted by molar-refractivity contribution is 0.729. The number of anilines is 1. The van der Waals surface area contributed by atoms with Crippen LogP contribution in [0, 0.1) is 0 Å². The summed E-state index contributed by atoms with van der Waals surface area (Å²) >= 11 is 0. The molecular formula is C14H12N4O. The fourth-order valence-corrected chi connectivity index (χ4v) is 1.88. The number of para-hydroxylation sites is 2. The Morgan fingerprint density at radius 1 is 1.11 bits per heavy atom. The van der Waals surface area contributed by atoms with E-state index in [2.05, 4.69) is 10.2 Å². The van der Waals surface area contributed by atoms with Gasteiger partial charge in [-0.05, 0) is 18.2 Å². The van der Waals surface area contributed by atoms with Gasteiger partial charge in [0.15, 0.2) is 0 Å². The topological polar surface area (TPSA) is 76.2 Å². The molecule has 0 spiro atoms. The number of nitrogens with two attached hydrogens (primary N) is 1. The van der Waals surface area contributed by atoms with Gasteiger partial charge >= 0.3 is 0 Å². The lowest BCUT2D eigenvalue weighted by Crippen LogP contribution is -2.12. The summed E-state index contributed by atoms with van der Waals surface area (Å²) in [6.07, 6.45) is 1.56. The predicted molar refractivity (Wildman–Crippen MR) is 76.4 cm³/mol. The average molecular weight is 252 g/mol. The van der Waals surface area contributed by atoms with Crippen molar-refractivity contribution in [2.75, 3.05) is 5.73 Å². The van der Waals surface area contributed by atoms with Crippen molar-refractivity contribution in [1.82, 2.24) is 9.89 Å². The molecule has 0 saturated heterocycles. The number of hydrogen-bond acceptors (Lipinski definition) is 3. The van der Waals surface area contributed by atoms with Gasteiger partial charge in [0.2, 0.25) is 0 Å². The Labute approximate surface area is 109 Å². The van der Waals surface area contributed by atoms with Gasteiger partial charge in [-0.1, -0.05) is 30.3 Å². The summed E-state index contributed by atoms with van der Waals surface area (Å²) < 4.78 is 0. The highest BCUT2D eigenvalue weighted by molar-refractivity contribution is 5.86. The van der Waals surface area contributed by atoms with E-state index in [4.69, 9.17) is 5.73 Å². The minimum Gasteiger partial charge on any atom is -0.398 e. The molecule has 5 heteroatoms. The van der Waals surface area contributed by atoms with Gasteiger partial charge in [-0.3, -0.25) is 9.89 Å². The van der Waals surface area contributed by atoms with Crippen LogP contribution < -0.4 is 11.3 Å². The molecule has 0 bridgehead atoms. The van der Waals surface area contributed by atoms with Crippen LogP contribution in [0.1, 0.15) is 5.56 Å². The number of rotatable bonds is 2. The molecule has 5 nitrogen and oxygen atoms in total. The van der Waals surface area contributed by atoms with Crippen molar-refractivity contribution in [2.45, 2.75) is 0 Å². The number of aromatic amines is 1. The minimum atomic E-state index is -0.179. The molecule has 2 aromatic carbocycles. The van der Waals surface area contributed by atoms with Gasteiger partial charge in [0.25, 0.3) is 5.56 Å². The maximum absolute atomic E-state index is 12.0. The number of nitrogens with one attached hydrogen (secondary N) is 1. The van der Waals surface area contributed by atoms with Crippen LogP contribution in [0.4, 0.5) is 5.69 Å². The molecule has 1 heterocycles. The SMILES string of the molecule is Nc1ccccc1/C=N/n1[nH]c2ccccc2c1=O. The van der Waals surface area contributed by atoms with Crippen LogP contribution in [-0.4, -0.2) is 16.1 Å². The van der Waals surface area contributed by atoms with Crippen molar-refractivity contribution in [3.05, 3.63) is 64.4 Å². The van der Waals surface area contributed by atoms with Crippen LogP contribution in [0.15, 0.2) is 58.4 Å². The molecule has 0 fully saturated rings. The zero-order valence-corrected chi connectivity index (χ0v) is 10.1. The molecule has 1 aromatic heterocycles. The van der Waals surface area contributed by atoms with E-state index >= 15 is 0 Å². The molecule has 94 valence electrons. The van der Waals surface area contributed by atoms with Crippen LogP contribution in [0.3, 0.4) is 0 Å². The van der Waals surface area contributed by atoms with Crippen LogP contribution in [0.2, 0.25) is 0 Å². The van der Waals surface area contributed by atoms with Gasteiger partial charge in [-0.15, -0.1) is 4.79 Å². The average Bonchev–Trinajstić information content (AvgIpc) is 2.75. The van der Waals surface area contributed by atoms with E-state index in [9.17, 15) is 4.79 Å². The Hall–Kier alpha value is -2.82. The highest BCUT2D eigenvalue weighted by atomic mass is 16.1. The van der Waals surface area contributed by atoms with Crippen LogP contribution >= 0.6 is 0 Å². The lowest BCUT2D eigenvalue weighted by Gasteiger charge is -1.97. The molecule has 0 atom stereocenters. The van der Waals surface area contributed by atoms with E-state index < -0.39 is 0 Å². The third-order valence-electron chi connectivity index (χ3n) is 2.88. The third kappa shape index (κ3) is 2.01. The summed E-state index contributed by atoms with van der Waals surface area (Å²) in [5.74, 6) is 0. The number of nitrogens with zero attached hydrogens (tertiary/aromatic N) is 2. The Morgan fingerprint density at radius 3 is 2.63 bits per heavy atom. The molecule has 19 heavy (non-hydrogen) atoms. The Balaban J connectivity index is 2.05. The second-order valence-electron chi connectivity index (χ2n) is 4.15. The van der Waals surface area contributed by atoms with Gasteiger partial charge in [-0.2, -0.15) is 5.10 Å². The molecule has 3 rings (SSSR count). The highest BCUT2D eigenvalue weighted by Gasteiger charge is 2.03. The first kappa shape index (κ1) is 11.3. The van der Waals surface area contributed by atoms with E-state index in [0.717, 1.165) is 11.1 Å². The smallest absolute Gasteiger partial charge is 0.295 e. The molecule has 0 aliphatic heterocycles. The molecule has 0 aliphatic carbocycles. The molecular weight excluding hydrogens is 240 g/mol. The molecule has 0 unspecified atom stereocenters. The number of hydrogen-bond donors (Lipinski definition) is 2. The van der Waals surface area contributed by atoms with Gasteiger partial charge in [0.1, 0.15) is 0 Å². The van der Waals surface area contributed by atoms with Crippen LogP contribution in [0.5, 0.6) is 0 Å². The Bertz CT molecular complexity index is 813. The first-order chi connectivity index (χ1) is 9.25. The summed E-state index contributed by atoms with van der Waals surface area (Å²) in [6.45, 7) is 0. The minimum absolute atomic E-state index is 0.179. The molecule has 3 N–H and O–H groups in total. The standard InChI is InChI=1S/C14H12N4O/c15-12-7-3-1-5-10(12)9-16-18-14(19)11-6-2-4-8-13(11)17-18/h1-9,17H,15H2/b16-9+. The molecule has 0 aliphatic rings. The molecule has 0 radical (unpaired) electrons. The van der Waals surface area contributed by atoms with E-state index in [1.165, 1.54) is 4.79 Å². The van der Waals surface area contributed by atoms with Crippen molar-refractivity contribution in [1.29, 1.82) is 0 Å². The van der Waals surface area contributed by atoms with Crippen molar-refractivity contribution in [3.8, 4) is 0 Å². The van der Waals surface area contributed by atoms with Crippen molar-refractivity contribution >= 4 is 22.8 Å². The van der Waals surface area contributed by atoms with E-state index in [0.29, 0.717) is 11.1 Å². The lowest BCUT2D eigenvalue weighted by atomic mass is 10.2. The first-order valence-electron chi connectivity index (χ1n) is 5.84. The second-order valence-corrected chi connectivity index (χ2v) is 4.15. The number of nitrogen functional groups attached to an aromatic ring is 1. The maximum Gasteiger partial charge on any atom is 0.295 e. The fourth-order valence-electron chi connectivity index (χ4n) is 1.88. The van der Waals surface area contributed by atoms with Crippen molar-refractivity contribution < 1.29 is 0 Å². The molecule has 0 saturated carbocycles. The van der Waals surface area contributed by atoms with E-state index in [1.54, 1.807) is 18.3 Å². The van der Waals surface area contributed by atoms with Gasteiger partial charge < -0.3 is 5.73 Å². The van der Waals surface area contributed by atoms with Gasteiger partial charge in [0.05, 0.1) is 17.1 Å². The largest absolute Gasteiger partial charge is 0.398 e. The van der Waals surface area contributed by atoms with Crippen LogP contribution in [-0.2, 0) is 0 Å². The normalized spacial score (nSPS) is 11.4. The van der Waals surface area contributed by atoms with E-state index in [1.807, 2.05) is 36.4 Å². The summed E-state index contributed by atoms with van der Waals surface area (Å²) in [6, 6.07) is 14.6. The predicted octanol–water partition coefficient (Wildman–Crippen LogP) is 1.79. The Kier molecular flexibility index (Phi) is 2.64. The molecule has 0 amide bonds. The van der Waals surface area contributed by atoms with Crippen molar-refractivity contribution in [3.63, 3.8) is 0 Å². The summed E-state index contributed by atoms with van der Waals surface area (Å²) in [5, 5.41) is 7.65. The van der Waals surface area contributed by atoms with E-state index in [-0.39, 0.29) is 5.56 Å². The quantitative estimate of drug-likeness (QED) is 0.539. The summed E-state index contributed by atoms with van der Waals surface area (Å²) in [5.41, 5.74) is 7.78. The number of H-pyrrole nitrogens is 1. The second kappa shape index (κ2) is 4.45. The number of fused-ring (bicyclic) bond motifs is 1. The van der Waals surface area contributed by atoms with Crippen molar-refractivity contribution in [2.24, 2.45) is 5.10 Å². The van der Waals surface area contributed by atoms with Gasteiger partial charge in [-0.25, -0.2) is 0 Å². The monoisotopic (exact) mass is 252 g/mol. The number of benzene rings is 2. The molecule has 3 aromatic rings. The summed E-state index contributed by atoms with van der Waals surface area (Å²) in [7, 11) is 0. The summed E-state index contributed by atoms with van der Waals surface area (Å²) in [4.78, 5) is 13.2. The van der Waals surface area contributed by atoms with Gasteiger partial charge in [0, 0.05) is 11.3 Å². The highest BCUT2D eigenvalue weighted by Crippen LogP contribution is 2.08. The number of aromatic nitrogens is 2. The fraction of sp³-hybridized carbons (Fsp3) is 0. The zero-order chi connectivity index (χ0) is 13.2. The zero-order valence-electron chi connectivity index (χ0n) is 10.1.